The molecular weight excluding hydrogens is 359 g/mol. The lowest BCUT2D eigenvalue weighted by Gasteiger charge is -2.30. The van der Waals surface area contributed by atoms with Crippen LogP contribution < -0.4 is 0 Å². The molecule has 1 aliphatic heterocycles. The van der Waals surface area contributed by atoms with Gasteiger partial charge in [-0.2, -0.15) is 0 Å². The van der Waals surface area contributed by atoms with Crippen molar-refractivity contribution < 1.29 is 19.1 Å². The highest BCUT2D eigenvalue weighted by Crippen LogP contribution is 2.70. The molecule has 2 rings (SSSR count). The van der Waals surface area contributed by atoms with Crippen LogP contribution >= 0.6 is 22.6 Å². The molecule has 5 heteroatoms. The van der Waals surface area contributed by atoms with Gasteiger partial charge in [-0.15, -0.1) is 0 Å². The molecule has 2 fully saturated rings. The van der Waals surface area contributed by atoms with E-state index in [1.807, 2.05) is 6.92 Å². The first-order chi connectivity index (χ1) is 8.55. The van der Waals surface area contributed by atoms with Gasteiger partial charge in [-0.1, -0.05) is 43.4 Å². The molecule has 108 valence electrons. The van der Waals surface area contributed by atoms with Gasteiger partial charge in [0.2, 0.25) is 0 Å². The zero-order valence-electron chi connectivity index (χ0n) is 12.1. The molecule has 0 N–H and O–H groups in total. The van der Waals surface area contributed by atoms with E-state index in [4.69, 9.17) is 9.47 Å². The largest absolute Gasteiger partial charge is 0.392 e. The highest BCUT2D eigenvalue weighted by molar-refractivity contribution is 14.1. The summed E-state index contributed by atoms with van der Waals surface area (Å²) in [6.45, 7) is 8.31. The zero-order valence-corrected chi connectivity index (χ0v) is 14.2. The van der Waals surface area contributed by atoms with Crippen LogP contribution in [-0.2, 0) is 19.1 Å². The summed E-state index contributed by atoms with van der Waals surface area (Å²) < 4.78 is 10.3. The molecule has 1 aliphatic carbocycles. The molecule has 2 aliphatic rings. The van der Waals surface area contributed by atoms with E-state index in [9.17, 15) is 9.59 Å². The lowest BCUT2D eigenvalue weighted by Crippen LogP contribution is -2.38. The van der Waals surface area contributed by atoms with Gasteiger partial charge in [-0.3, -0.25) is 9.59 Å². The summed E-state index contributed by atoms with van der Waals surface area (Å²) >= 11 is 2.26. The second-order valence-corrected chi connectivity index (χ2v) is 9.45. The Kier molecular flexibility index (Phi) is 3.54. The Balaban J connectivity index is 2.31. The number of carbonyl (C=O) groups excluding carboxylic acids is 2. The summed E-state index contributed by atoms with van der Waals surface area (Å²) in [5.41, 5.74) is -0.638. The summed E-state index contributed by atoms with van der Waals surface area (Å²) in [7, 11) is 1.60. The van der Waals surface area contributed by atoms with Crippen LogP contribution in [0.25, 0.3) is 0 Å². The van der Waals surface area contributed by atoms with E-state index in [1.54, 1.807) is 7.11 Å². The number of esters is 2. The number of cyclic esters (lactones) is 2. The van der Waals surface area contributed by atoms with Crippen molar-refractivity contribution in [3.63, 3.8) is 0 Å². The lowest BCUT2D eigenvalue weighted by molar-refractivity contribution is -0.155. The first kappa shape index (κ1) is 15.2. The Bertz CT molecular complexity index is 424. The molecule has 1 saturated heterocycles. The van der Waals surface area contributed by atoms with Gasteiger partial charge in [0, 0.05) is 10.5 Å². The fraction of sp³-hybridized carbons (Fsp3) is 0.857. The highest BCUT2D eigenvalue weighted by Gasteiger charge is 2.79. The summed E-state index contributed by atoms with van der Waals surface area (Å²) in [6, 6.07) is 0. The average molecular weight is 380 g/mol. The van der Waals surface area contributed by atoms with Crippen molar-refractivity contribution in [1.82, 2.24) is 0 Å². The second kappa shape index (κ2) is 4.41. The van der Waals surface area contributed by atoms with Crippen molar-refractivity contribution in [2.75, 3.05) is 7.11 Å². The van der Waals surface area contributed by atoms with E-state index in [0.717, 1.165) is 6.42 Å². The average Bonchev–Trinajstić information content (AvgIpc) is 2.70. The van der Waals surface area contributed by atoms with E-state index in [0.29, 0.717) is 6.42 Å². The van der Waals surface area contributed by atoms with Gasteiger partial charge in [0.1, 0.15) is 5.92 Å². The maximum Gasteiger partial charge on any atom is 0.322 e. The molecule has 0 aromatic heterocycles. The number of ether oxygens (including phenoxy) is 2. The fourth-order valence-corrected chi connectivity index (χ4v) is 4.34. The molecule has 19 heavy (non-hydrogen) atoms. The summed E-state index contributed by atoms with van der Waals surface area (Å²) in [5, 5.41) is 0. The first-order valence-electron chi connectivity index (χ1n) is 6.53. The van der Waals surface area contributed by atoms with Gasteiger partial charge in [-0.25, -0.2) is 0 Å². The summed E-state index contributed by atoms with van der Waals surface area (Å²) in [5.74, 6) is -1.25. The van der Waals surface area contributed by atoms with Gasteiger partial charge < -0.3 is 9.47 Å². The molecule has 0 aromatic carbocycles. The van der Waals surface area contributed by atoms with Crippen LogP contribution in [0.3, 0.4) is 0 Å². The number of rotatable bonds is 3. The van der Waals surface area contributed by atoms with Gasteiger partial charge >= 0.3 is 11.9 Å². The van der Waals surface area contributed by atoms with Crippen LogP contribution in [0, 0.1) is 16.7 Å². The van der Waals surface area contributed by atoms with Crippen LogP contribution in [0.4, 0.5) is 0 Å². The number of halogens is 1. The van der Waals surface area contributed by atoms with Crippen LogP contribution in [0.5, 0.6) is 0 Å². The predicted octanol–water partition coefficient (Wildman–Crippen LogP) is 2.72. The van der Waals surface area contributed by atoms with Crippen LogP contribution in [0.15, 0.2) is 0 Å². The molecule has 1 spiro atoms. The Morgan fingerprint density at radius 2 is 2.00 bits per heavy atom. The minimum atomic E-state index is -0.670. The summed E-state index contributed by atoms with van der Waals surface area (Å²) in [6.07, 6.45) is 1.15. The summed E-state index contributed by atoms with van der Waals surface area (Å²) in [4.78, 5) is 24.2. The third-order valence-electron chi connectivity index (χ3n) is 4.25. The van der Waals surface area contributed by atoms with Crippen molar-refractivity contribution in [1.29, 1.82) is 0 Å². The van der Waals surface area contributed by atoms with Crippen LogP contribution in [0.2, 0.25) is 0 Å². The maximum absolute atomic E-state index is 12.1. The Morgan fingerprint density at radius 3 is 2.37 bits per heavy atom. The van der Waals surface area contributed by atoms with Gasteiger partial charge in [0.15, 0.2) is 0 Å². The molecule has 0 aromatic rings. The number of hydrogen-bond acceptors (Lipinski definition) is 4. The third-order valence-corrected chi connectivity index (χ3v) is 5.59. The predicted molar refractivity (Wildman–Crippen MR) is 78.9 cm³/mol. The SMILES string of the molecule is COC(CC(C)(C)C)C1C(=O)OC(=O)C12CC2(C)I. The molecule has 4 atom stereocenters. The second-order valence-electron chi connectivity index (χ2n) is 7.07. The Hall–Kier alpha value is -0.170. The van der Waals surface area contributed by atoms with E-state index < -0.39 is 17.3 Å². The van der Waals surface area contributed by atoms with Crippen LogP contribution in [-0.4, -0.2) is 28.6 Å². The van der Waals surface area contributed by atoms with Gasteiger partial charge in [0.25, 0.3) is 0 Å². The normalized spacial score (nSPS) is 39.6. The number of alkyl halides is 1. The first-order valence-corrected chi connectivity index (χ1v) is 7.61. The Labute approximate surface area is 127 Å². The van der Waals surface area contributed by atoms with Crippen molar-refractivity contribution in [2.24, 2.45) is 16.7 Å². The van der Waals surface area contributed by atoms with Crippen molar-refractivity contribution >= 4 is 34.5 Å². The highest BCUT2D eigenvalue weighted by atomic mass is 127. The molecule has 1 saturated carbocycles. The number of carbonyl (C=O) groups is 2. The van der Waals surface area contributed by atoms with Crippen LogP contribution in [0.1, 0.15) is 40.5 Å². The standard InChI is InChI=1S/C14H21IO4/c1-12(2,3)6-8(18-5)9-10(16)19-11(17)14(9)7-13(14,4)15/h8-9H,6-7H2,1-5H3. The number of methoxy groups -OCH3 is 1. The quantitative estimate of drug-likeness (QED) is 0.327. The van der Waals surface area contributed by atoms with Gasteiger partial charge in [-0.05, 0) is 25.2 Å². The fourth-order valence-electron chi connectivity index (χ4n) is 3.18. The smallest absolute Gasteiger partial charge is 0.322 e. The number of hydrogen-bond donors (Lipinski definition) is 0. The minimum Gasteiger partial charge on any atom is -0.392 e. The van der Waals surface area contributed by atoms with E-state index in [-0.39, 0.29) is 20.9 Å². The molecule has 4 nitrogen and oxygen atoms in total. The van der Waals surface area contributed by atoms with Crippen molar-refractivity contribution in [2.45, 2.75) is 50.1 Å². The molecular formula is C14H21IO4. The molecule has 4 unspecified atom stereocenters. The third kappa shape index (κ3) is 2.33. The molecule has 0 radical (unpaired) electrons. The lowest BCUT2D eigenvalue weighted by atomic mass is 9.78. The molecule has 0 amide bonds. The topological polar surface area (TPSA) is 52.6 Å². The van der Waals surface area contributed by atoms with E-state index >= 15 is 0 Å². The maximum atomic E-state index is 12.1. The molecule has 0 bridgehead atoms. The van der Waals surface area contributed by atoms with Gasteiger partial charge in [0.05, 0.1) is 11.5 Å². The molecule has 1 heterocycles. The Morgan fingerprint density at radius 1 is 1.47 bits per heavy atom. The van der Waals surface area contributed by atoms with E-state index in [1.165, 1.54) is 0 Å². The van der Waals surface area contributed by atoms with Crippen molar-refractivity contribution in [3.8, 4) is 0 Å². The monoisotopic (exact) mass is 380 g/mol. The van der Waals surface area contributed by atoms with Crippen molar-refractivity contribution in [3.05, 3.63) is 0 Å². The minimum absolute atomic E-state index is 0.0321. The van der Waals surface area contributed by atoms with E-state index in [2.05, 4.69) is 43.4 Å². The zero-order chi connectivity index (χ0) is 14.6.